The Morgan fingerprint density at radius 3 is 0.474 bits per heavy atom. The van der Waals surface area contributed by atoms with Crippen LogP contribution < -0.4 is 63.7 Å². The first-order valence-electron chi connectivity index (χ1n) is 34.6. The zero-order valence-corrected chi connectivity index (χ0v) is 72.9. The second-order valence-electron chi connectivity index (χ2n) is 22.9. The van der Waals surface area contributed by atoms with Gasteiger partial charge < -0.3 is 57.3 Å². The molecule has 18 heteroatoms. The standard InChI is InChI=1S/4C18H15P.2C11H6F2N.4CN.2Ag.2Pt/c4*1-4-10-16(11-5-1)19(17-12-6-2-7-13-17)18-14-8-3-9-15-18;2*12-8-4-5-9(10(13)7-8)11-3-1-2-6-14-11;4*1-2;;;;/h4*1-15H;2*1-4,6-7H;;;;;;;;/q;;;;6*-1;2*+1;2*+2. The topological polar surface area (TPSA) is 121 Å². The van der Waals surface area contributed by atoms with E-state index in [1.54, 1.807) is 48.8 Å². The predicted octanol–water partition coefficient (Wildman–Crippen LogP) is 19.8. The van der Waals surface area contributed by atoms with E-state index >= 15 is 0 Å². The molecule has 0 aliphatic heterocycles. The molecule has 14 aromatic carbocycles. The van der Waals surface area contributed by atoms with Gasteiger partial charge in [-0.1, -0.05) is 412 Å². The molecule has 0 bridgehead atoms. The molecule has 16 rings (SSSR count). The van der Waals surface area contributed by atoms with Crippen LogP contribution >= 0.6 is 31.7 Å². The van der Waals surface area contributed by atoms with E-state index in [4.69, 9.17) is 47.3 Å². The van der Waals surface area contributed by atoms with E-state index in [0.717, 1.165) is 24.3 Å². The first-order valence-corrected chi connectivity index (χ1v) is 40.0. The Morgan fingerprint density at radius 2 is 0.353 bits per heavy atom. The van der Waals surface area contributed by atoms with Crippen LogP contribution in [0.5, 0.6) is 0 Å². The van der Waals surface area contributed by atoms with Gasteiger partial charge in [0.15, 0.2) is 0 Å². The van der Waals surface area contributed by atoms with E-state index in [0.29, 0.717) is 11.4 Å². The maximum atomic E-state index is 13.2. The Balaban J connectivity index is 0.000000353. The van der Waals surface area contributed by atoms with Gasteiger partial charge >= 0.3 is 86.9 Å². The largest absolute Gasteiger partial charge is 2.00 e. The first kappa shape index (κ1) is 99.8. The monoisotopic (exact) mass is 2140 g/mol. The molecule has 16 aromatic rings. The third-order valence-electron chi connectivity index (χ3n) is 15.7. The molecule has 584 valence electrons. The molecule has 0 atom stereocenters. The summed E-state index contributed by atoms with van der Waals surface area (Å²) in [7, 11) is -1.78. The Hall–Kier alpha value is -10.4. The molecule has 0 fully saturated rings. The molecule has 0 radical (unpaired) electrons. The maximum absolute atomic E-state index is 13.2. The molecule has 0 spiro atoms. The van der Waals surface area contributed by atoms with Gasteiger partial charge in [0.05, 0.1) is 0 Å². The minimum atomic E-state index is -0.649. The van der Waals surface area contributed by atoms with E-state index in [-0.39, 0.29) is 98.0 Å². The zero-order valence-electron chi connectivity index (χ0n) is 61.8. The molecule has 6 nitrogen and oxygen atoms in total. The van der Waals surface area contributed by atoms with Gasteiger partial charge in [-0.15, -0.1) is 24.3 Å². The molecule has 2 aromatic heterocycles. The van der Waals surface area contributed by atoms with Gasteiger partial charge in [0.25, 0.3) is 0 Å². The number of nitrogens with zero attached hydrogens (tertiary/aromatic N) is 6. The van der Waals surface area contributed by atoms with Gasteiger partial charge in [-0.25, -0.2) is 0 Å². The summed E-state index contributed by atoms with van der Waals surface area (Å²) in [5, 5.41) is 41.8. The van der Waals surface area contributed by atoms with Crippen LogP contribution in [-0.2, 0) is 86.9 Å². The molecule has 2 heterocycles. The van der Waals surface area contributed by atoms with Gasteiger partial charge in [-0.3, -0.25) is 17.6 Å². The summed E-state index contributed by atoms with van der Waals surface area (Å²) in [5.74, 6) is -2.57. The second kappa shape index (κ2) is 59.3. The Bertz CT molecular complexity index is 4340. The van der Waals surface area contributed by atoms with E-state index < -0.39 is 55.0 Å². The van der Waals surface area contributed by atoms with E-state index in [1.165, 1.54) is 63.7 Å². The number of benzene rings is 14. The van der Waals surface area contributed by atoms with Crippen molar-refractivity contribution in [2.24, 2.45) is 0 Å². The van der Waals surface area contributed by atoms with Gasteiger partial charge in [0, 0.05) is 35.7 Å². The van der Waals surface area contributed by atoms with E-state index in [2.05, 4.69) is 386 Å². The molecular weight excluding hydrogens is 2070 g/mol. The minimum Gasteiger partial charge on any atom is -0.512 e. The first-order chi connectivity index (χ1) is 55.3. The molecule has 0 saturated carbocycles. The maximum Gasteiger partial charge on any atom is 2.00 e. The van der Waals surface area contributed by atoms with Crippen molar-refractivity contribution < 1.29 is 104 Å². The summed E-state index contributed by atoms with van der Waals surface area (Å²) in [6.07, 6.45) is 3.10. The molecule has 0 unspecified atom stereocenters. The molecule has 0 saturated heterocycles. The summed E-state index contributed by atoms with van der Waals surface area (Å²) in [5.41, 5.74) is 1.27. The van der Waals surface area contributed by atoms with Crippen molar-refractivity contribution in [3.8, 4) is 22.5 Å². The normalized spacial score (nSPS) is 9.45. The Kier molecular flexibility index (Phi) is 51.1. The zero-order chi connectivity index (χ0) is 79.6. The fourth-order valence-electron chi connectivity index (χ4n) is 11.0. The van der Waals surface area contributed by atoms with Gasteiger partial charge in [0.2, 0.25) is 0 Å². The van der Waals surface area contributed by atoms with Crippen molar-refractivity contribution >= 4 is 95.3 Å². The molecule has 0 N–H and O–H groups in total. The van der Waals surface area contributed by atoms with Crippen molar-refractivity contribution in [1.29, 1.82) is 21.0 Å². The molecule has 0 amide bonds. The van der Waals surface area contributed by atoms with Crippen LogP contribution in [0.4, 0.5) is 17.6 Å². The summed E-state index contributed by atoms with van der Waals surface area (Å²) in [6.45, 7) is 19.0. The Morgan fingerprint density at radius 1 is 0.216 bits per heavy atom. The summed E-state index contributed by atoms with van der Waals surface area (Å²) in [6, 6.07) is 148. The van der Waals surface area contributed by atoms with Gasteiger partial charge in [0.1, 0.15) is 0 Å². The smallest absolute Gasteiger partial charge is 0.512 e. The quantitative estimate of drug-likeness (QED) is 0.0463. The fourth-order valence-corrected chi connectivity index (χ4v) is 20.2. The fraction of sp³-hybridized carbons (Fsp3) is 0. The average Bonchev–Trinajstić information content (AvgIpc) is 0.836. The van der Waals surface area contributed by atoms with Crippen LogP contribution in [0.2, 0.25) is 0 Å². The van der Waals surface area contributed by atoms with Crippen LogP contribution in [0.1, 0.15) is 0 Å². The summed E-state index contributed by atoms with van der Waals surface area (Å²) in [4.78, 5) is 7.89. The predicted molar refractivity (Wildman–Crippen MR) is 457 cm³/mol. The summed E-state index contributed by atoms with van der Waals surface area (Å²) < 4.78 is 51.6. The van der Waals surface area contributed by atoms with Gasteiger partial charge in [-0.2, -0.15) is 0 Å². The van der Waals surface area contributed by atoms with Crippen molar-refractivity contribution in [3.05, 3.63) is 499 Å². The molecule has 0 aliphatic carbocycles. The third kappa shape index (κ3) is 32.4. The SMILES string of the molecule is Fc1c[c-]c(-c2ccccn2)c(F)c1.Fc1c[c-]c(-c2ccccn2)c(F)c1.[Ag+].[Ag+].[C-]#N.[C-]#N.[C-]#N.[C-]#N.[Pt+2].[Pt+2].c1ccc(P(c2ccccc2)c2ccccc2)cc1.c1ccc(P(c2ccccc2)c2ccccc2)cc1.c1ccc(P(c2ccccc2)c2ccccc2)cc1.c1ccc(P(c2ccccc2)c2ccccc2)cc1. The average molecular weight is 2140 g/mol. The number of halogens is 4. The van der Waals surface area contributed by atoms with E-state index in [1.807, 2.05) is 0 Å². The van der Waals surface area contributed by atoms with Crippen molar-refractivity contribution in [3.63, 3.8) is 0 Å². The molecular formula is C98H72Ag2F4N6P4Pt2. The van der Waals surface area contributed by atoms with Gasteiger partial charge in [-0.05, 0) is 119 Å². The number of pyridine rings is 2. The number of rotatable bonds is 14. The second-order valence-corrected chi connectivity index (χ2v) is 31.8. The molecule has 0 aliphatic rings. The number of hydrogen-bond acceptors (Lipinski definition) is 6. The van der Waals surface area contributed by atoms with Crippen LogP contribution in [0.25, 0.3) is 22.5 Å². The van der Waals surface area contributed by atoms with Crippen molar-refractivity contribution in [2.75, 3.05) is 0 Å². The van der Waals surface area contributed by atoms with E-state index in [9.17, 15) is 17.6 Å². The third-order valence-corrected chi connectivity index (χ3v) is 25.5. The van der Waals surface area contributed by atoms with Crippen LogP contribution in [0.3, 0.4) is 0 Å². The molecule has 116 heavy (non-hydrogen) atoms. The van der Waals surface area contributed by atoms with Crippen molar-refractivity contribution in [2.45, 2.75) is 0 Å². The number of hydrogen-bond donors (Lipinski definition) is 0. The Labute approximate surface area is 745 Å². The van der Waals surface area contributed by atoms with Crippen molar-refractivity contribution in [1.82, 2.24) is 9.97 Å². The van der Waals surface area contributed by atoms with Crippen LogP contribution in [0.15, 0.2) is 437 Å². The van der Waals surface area contributed by atoms with Crippen LogP contribution in [0, 0.1) is 82.7 Å². The summed E-state index contributed by atoms with van der Waals surface area (Å²) >= 11 is 0. The van der Waals surface area contributed by atoms with Crippen LogP contribution in [-0.4, -0.2) is 9.97 Å². The minimum absolute atomic E-state index is 0. The number of aromatic nitrogens is 2.